The molecule has 2 rings (SSSR count). The Labute approximate surface area is 153 Å². The smallest absolute Gasteiger partial charge is 0.193 e. The molecule has 1 N–H and O–H groups in total. The lowest BCUT2D eigenvalue weighted by Crippen LogP contribution is -2.55. The third kappa shape index (κ3) is 4.96. The summed E-state index contributed by atoms with van der Waals surface area (Å²) in [4.78, 5) is 11.8. The average molecular weight is 423 g/mol. The zero-order chi connectivity index (χ0) is 15.5. The van der Waals surface area contributed by atoms with E-state index in [1.54, 1.807) is 0 Å². The van der Waals surface area contributed by atoms with Crippen molar-refractivity contribution in [3.63, 3.8) is 0 Å². The minimum atomic E-state index is 0. The van der Waals surface area contributed by atoms with E-state index < -0.39 is 0 Å². The lowest BCUT2D eigenvalue weighted by atomic mass is 9.87. The standard InChI is InChI=1S/C16H33N5.HI/c1-6-16(2)7-8-21(13-16)15(17-3)18-11-14-12-19(4)9-10-20(14)5;/h14H,6-13H2,1-5H3,(H,17,18);1H. The van der Waals surface area contributed by atoms with Gasteiger partial charge in [0, 0.05) is 52.4 Å². The van der Waals surface area contributed by atoms with E-state index in [4.69, 9.17) is 0 Å². The van der Waals surface area contributed by atoms with Crippen molar-refractivity contribution in [2.24, 2.45) is 10.4 Å². The van der Waals surface area contributed by atoms with Crippen LogP contribution in [-0.4, -0.2) is 87.1 Å². The van der Waals surface area contributed by atoms with Gasteiger partial charge in [-0.3, -0.25) is 9.89 Å². The molecule has 0 saturated carbocycles. The molecule has 0 aliphatic carbocycles. The number of nitrogens with zero attached hydrogens (tertiary/aromatic N) is 4. The molecular formula is C16H34IN5. The van der Waals surface area contributed by atoms with Crippen LogP contribution in [0.15, 0.2) is 4.99 Å². The first-order valence-electron chi connectivity index (χ1n) is 8.32. The van der Waals surface area contributed by atoms with Crippen LogP contribution in [-0.2, 0) is 0 Å². The molecule has 2 unspecified atom stereocenters. The molecule has 0 bridgehead atoms. The molecule has 0 spiro atoms. The van der Waals surface area contributed by atoms with Crippen LogP contribution in [0.2, 0.25) is 0 Å². The normalized spacial score (nSPS) is 31.2. The molecule has 2 atom stereocenters. The second-order valence-corrected chi connectivity index (χ2v) is 7.16. The van der Waals surface area contributed by atoms with Gasteiger partial charge in [-0.15, -0.1) is 24.0 Å². The Morgan fingerprint density at radius 3 is 2.59 bits per heavy atom. The number of aliphatic imine (C=N–C) groups is 1. The summed E-state index contributed by atoms with van der Waals surface area (Å²) in [5.41, 5.74) is 0.458. The summed E-state index contributed by atoms with van der Waals surface area (Å²) in [6, 6.07) is 0.570. The van der Waals surface area contributed by atoms with Gasteiger partial charge in [0.25, 0.3) is 0 Å². The number of guanidine groups is 1. The lowest BCUT2D eigenvalue weighted by molar-refractivity contribution is 0.116. The number of nitrogens with one attached hydrogen (secondary N) is 1. The van der Waals surface area contributed by atoms with Crippen LogP contribution in [0.5, 0.6) is 0 Å². The van der Waals surface area contributed by atoms with E-state index in [9.17, 15) is 0 Å². The highest BCUT2D eigenvalue weighted by Crippen LogP contribution is 2.32. The molecule has 2 aliphatic heterocycles. The predicted molar refractivity (Wildman–Crippen MR) is 105 cm³/mol. The minimum Gasteiger partial charge on any atom is -0.355 e. The van der Waals surface area contributed by atoms with Gasteiger partial charge in [-0.1, -0.05) is 13.8 Å². The molecule has 130 valence electrons. The van der Waals surface area contributed by atoms with E-state index in [-0.39, 0.29) is 24.0 Å². The summed E-state index contributed by atoms with van der Waals surface area (Å²) in [7, 11) is 6.34. The molecule has 0 amide bonds. The van der Waals surface area contributed by atoms with E-state index in [2.05, 4.69) is 53.0 Å². The number of rotatable bonds is 3. The molecule has 2 saturated heterocycles. The monoisotopic (exact) mass is 423 g/mol. The van der Waals surface area contributed by atoms with E-state index in [1.807, 2.05) is 7.05 Å². The van der Waals surface area contributed by atoms with E-state index in [1.165, 1.54) is 19.4 Å². The van der Waals surface area contributed by atoms with Crippen molar-refractivity contribution in [3.8, 4) is 0 Å². The van der Waals surface area contributed by atoms with Gasteiger partial charge < -0.3 is 15.1 Å². The van der Waals surface area contributed by atoms with E-state index >= 15 is 0 Å². The van der Waals surface area contributed by atoms with Gasteiger partial charge in [0.2, 0.25) is 0 Å². The largest absolute Gasteiger partial charge is 0.355 e. The fraction of sp³-hybridized carbons (Fsp3) is 0.938. The van der Waals surface area contributed by atoms with Gasteiger partial charge in [0.1, 0.15) is 0 Å². The number of piperazine rings is 1. The van der Waals surface area contributed by atoms with Gasteiger partial charge in [-0.05, 0) is 32.4 Å². The van der Waals surface area contributed by atoms with Crippen LogP contribution >= 0.6 is 24.0 Å². The number of halogens is 1. The first kappa shape index (κ1) is 20.0. The highest BCUT2D eigenvalue weighted by atomic mass is 127. The Morgan fingerprint density at radius 2 is 2.00 bits per heavy atom. The Bertz CT molecular complexity index is 376. The molecule has 0 radical (unpaired) electrons. The van der Waals surface area contributed by atoms with Gasteiger partial charge in [-0.25, -0.2) is 0 Å². The molecule has 5 nitrogen and oxygen atoms in total. The zero-order valence-electron chi connectivity index (χ0n) is 14.9. The van der Waals surface area contributed by atoms with Gasteiger partial charge in [-0.2, -0.15) is 0 Å². The molecule has 0 aromatic rings. The third-order valence-electron chi connectivity index (χ3n) is 5.40. The van der Waals surface area contributed by atoms with Crippen molar-refractivity contribution < 1.29 is 0 Å². The van der Waals surface area contributed by atoms with Crippen LogP contribution in [0.1, 0.15) is 26.7 Å². The second-order valence-electron chi connectivity index (χ2n) is 7.16. The van der Waals surface area contributed by atoms with Crippen LogP contribution in [0, 0.1) is 5.41 Å². The van der Waals surface area contributed by atoms with Crippen molar-refractivity contribution in [3.05, 3.63) is 0 Å². The highest BCUT2D eigenvalue weighted by Gasteiger charge is 2.33. The highest BCUT2D eigenvalue weighted by molar-refractivity contribution is 14.0. The SMILES string of the molecule is CCC1(C)CCN(C(=NC)NCC2CN(C)CCN2C)C1.I. The van der Waals surface area contributed by atoms with Crippen molar-refractivity contribution >= 4 is 29.9 Å². The first-order chi connectivity index (χ1) is 9.97. The zero-order valence-corrected chi connectivity index (χ0v) is 17.3. The first-order valence-corrected chi connectivity index (χ1v) is 8.32. The average Bonchev–Trinajstić information content (AvgIpc) is 2.86. The molecule has 0 aromatic carbocycles. The quantitative estimate of drug-likeness (QED) is 0.425. The molecule has 0 aromatic heterocycles. The summed E-state index contributed by atoms with van der Waals surface area (Å²) >= 11 is 0. The Morgan fingerprint density at radius 1 is 1.27 bits per heavy atom. The molecule has 2 heterocycles. The number of hydrogen-bond donors (Lipinski definition) is 1. The van der Waals surface area contributed by atoms with Crippen molar-refractivity contribution in [1.29, 1.82) is 0 Å². The lowest BCUT2D eigenvalue weighted by Gasteiger charge is -2.38. The van der Waals surface area contributed by atoms with Gasteiger partial charge in [0.05, 0.1) is 0 Å². The van der Waals surface area contributed by atoms with Crippen LogP contribution < -0.4 is 5.32 Å². The summed E-state index contributed by atoms with van der Waals surface area (Å²) in [5, 5.41) is 3.60. The van der Waals surface area contributed by atoms with Crippen LogP contribution in [0.3, 0.4) is 0 Å². The fourth-order valence-electron chi connectivity index (χ4n) is 3.36. The summed E-state index contributed by atoms with van der Waals surface area (Å²) < 4.78 is 0. The second kappa shape index (κ2) is 8.68. The Kier molecular flexibility index (Phi) is 7.88. The maximum atomic E-state index is 4.50. The van der Waals surface area contributed by atoms with E-state index in [0.717, 1.165) is 38.7 Å². The summed E-state index contributed by atoms with van der Waals surface area (Å²) in [5.74, 6) is 1.08. The maximum Gasteiger partial charge on any atom is 0.193 e. The number of likely N-dealkylation sites (N-methyl/N-ethyl adjacent to an activating group) is 2. The molecule has 22 heavy (non-hydrogen) atoms. The van der Waals surface area contributed by atoms with Crippen LogP contribution in [0.4, 0.5) is 0 Å². The molecular weight excluding hydrogens is 389 g/mol. The van der Waals surface area contributed by atoms with Crippen molar-refractivity contribution in [2.75, 3.05) is 60.4 Å². The maximum absolute atomic E-state index is 4.50. The molecule has 2 aliphatic rings. The van der Waals surface area contributed by atoms with Crippen LogP contribution in [0.25, 0.3) is 0 Å². The van der Waals surface area contributed by atoms with Gasteiger partial charge >= 0.3 is 0 Å². The van der Waals surface area contributed by atoms with E-state index in [0.29, 0.717) is 11.5 Å². The topological polar surface area (TPSA) is 34.1 Å². The van der Waals surface area contributed by atoms with Crippen molar-refractivity contribution in [2.45, 2.75) is 32.7 Å². The summed E-state index contributed by atoms with van der Waals surface area (Å²) in [6.45, 7) is 11.4. The number of hydrogen-bond acceptors (Lipinski definition) is 3. The minimum absolute atomic E-state index is 0. The third-order valence-corrected chi connectivity index (χ3v) is 5.40. The summed E-state index contributed by atoms with van der Waals surface area (Å²) in [6.07, 6.45) is 2.52. The van der Waals surface area contributed by atoms with Crippen molar-refractivity contribution in [1.82, 2.24) is 20.0 Å². The molecule has 6 heteroatoms. The Balaban J connectivity index is 0.00000242. The predicted octanol–water partition coefficient (Wildman–Crippen LogP) is 1.55. The van der Waals surface area contributed by atoms with Gasteiger partial charge in [0.15, 0.2) is 5.96 Å². The fourth-order valence-corrected chi connectivity index (χ4v) is 3.36. The number of likely N-dealkylation sites (tertiary alicyclic amines) is 1. The molecule has 2 fully saturated rings. The Hall–Kier alpha value is -0.0800.